The van der Waals surface area contributed by atoms with Crippen LogP contribution < -0.4 is 10.6 Å². The van der Waals surface area contributed by atoms with E-state index in [0.29, 0.717) is 19.6 Å². The zero-order chi connectivity index (χ0) is 29.2. The molecule has 0 radical (unpaired) electrons. The SMILES string of the molecule is CCC(=O)NC[C@H](NC(=O)CN(Cc1cccc2ccccc12)C[C@@H]1CCCN1C(=O)Cc1cnc[nH]1)C(=O)OC. The van der Waals surface area contributed by atoms with Gasteiger partial charge in [-0.05, 0) is 29.2 Å². The third-order valence-electron chi connectivity index (χ3n) is 7.35. The summed E-state index contributed by atoms with van der Waals surface area (Å²) in [5.74, 6) is -1.22. The number of carbonyl (C=O) groups excluding carboxylic acids is 4. The van der Waals surface area contributed by atoms with Gasteiger partial charge in [0, 0.05) is 50.5 Å². The lowest BCUT2D eigenvalue weighted by Crippen LogP contribution is -2.52. The molecule has 11 heteroatoms. The van der Waals surface area contributed by atoms with Crippen LogP contribution in [0, 0.1) is 0 Å². The van der Waals surface area contributed by atoms with E-state index >= 15 is 0 Å². The molecule has 2 aromatic carbocycles. The minimum absolute atomic E-state index is 0.00246. The number of methoxy groups -OCH3 is 1. The van der Waals surface area contributed by atoms with E-state index in [1.807, 2.05) is 46.2 Å². The van der Waals surface area contributed by atoms with Crippen molar-refractivity contribution in [3.05, 3.63) is 66.2 Å². The molecule has 0 saturated carbocycles. The van der Waals surface area contributed by atoms with Gasteiger partial charge in [0.25, 0.3) is 0 Å². The van der Waals surface area contributed by atoms with Crippen molar-refractivity contribution in [3.63, 3.8) is 0 Å². The lowest BCUT2D eigenvalue weighted by atomic mass is 10.0. The number of hydrogen-bond acceptors (Lipinski definition) is 7. The summed E-state index contributed by atoms with van der Waals surface area (Å²) in [4.78, 5) is 61.5. The van der Waals surface area contributed by atoms with Crippen molar-refractivity contribution in [1.82, 2.24) is 30.4 Å². The number of imidazole rings is 1. The highest BCUT2D eigenvalue weighted by Crippen LogP contribution is 2.23. The highest BCUT2D eigenvalue weighted by molar-refractivity contribution is 5.87. The summed E-state index contributed by atoms with van der Waals surface area (Å²) >= 11 is 0. The maximum atomic E-state index is 13.3. The molecule has 0 unspecified atom stereocenters. The molecule has 2 heterocycles. The van der Waals surface area contributed by atoms with Crippen LogP contribution in [0.3, 0.4) is 0 Å². The molecular formula is C30H38N6O5. The average Bonchev–Trinajstić information content (AvgIpc) is 3.67. The molecule has 3 amide bonds. The second-order valence-electron chi connectivity index (χ2n) is 10.2. The van der Waals surface area contributed by atoms with Crippen molar-refractivity contribution < 1.29 is 23.9 Å². The number of nitrogens with one attached hydrogen (secondary N) is 3. The molecule has 4 rings (SSSR count). The van der Waals surface area contributed by atoms with E-state index in [1.165, 1.54) is 7.11 Å². The van der Waals surface area contributed by atoms with Gasteiger partial charge in [-0.25, -0.2) is 9.78 Å². The second-order valence-corrected chi connectivity index (χ2v) is 10.2. The maximum absolute atomic E-state index is 13.3. The van der Waals surface area contributed by atoms with Crippen LogP contribution in [0.2, 0.25) is 0 Å². The molecular weight excluding hydrogens is 524 g/mol. The van der Waals surface area contributed by atoms with E-state index < -0.39 is 12.0 Å². The smallest absolute Gasteiger partial charge is 0.330 e. The highest BCUT2D eigenvalue weighted by Gasteiger charge is 2.31. The van der Waals surface area contributed by atoms with Gasteiger partial charge in [-0.1, -0.05) is 49.4 Å². The first-order valence-electron chi connectivity index (χ1n) is 14.0. The molecule has 0 spiro atoms. The van der Waals surface area contributed by atoms with E-state index in [9.17, 15) is 19.2 Å². The molecule has 2 atom stereocenters. The predicted molar refractivity (Wildman–Crippen MR) is 153 cm³/mol. The quantitative estimate of drug-likeness (QED) is 0.270. The van der Waals surface area contributed by atoms with E-state index in [-0.39, 0.29) is 49.7 Å². The van der Waals surface area contributed by atoms with Crippen molar-refractivity contribution in [2.24, 2.45) is 0 Å². The fourth-order valence-electron chi connectivity index (χ4n) is 5.27. The summed E-state index contributed by atoms with van der Waals surface area (Å²) in [5, 5.41) is 7.56. The molecule has 41 heavy (non-hydrogen) atoms. The van der Waals surface area contributed by atoms with Crippen LogP contribution in [0.4, 0.5) is 0 Å². The second kappa shape index (κ2) is 14.4. The van der Waals surface area contributed by atoms with Gasteiger partial charge < -0.3 is 25.3 Å². The van der Waals surface area contributed by atoms with E-state index in [2.05, 4.69) is 26.7 Å². The average molecular weight is 563 g/mol. The van der Waals surface area contributed by atoms with Crippen molar-refractivity contribution >= 4 is 34.5 Å². The van der Waals surface area contributed by atoms with Crippen LogP contribution in [-0.4, -0.2) is 88.8 Å². The molecule has 1 aromatic heterocycles. The summed E-state index contributed by atoms with van der Waals surface area (Å²) in [7, 11) is 1.24. The number of carbonyl (C=O) groups is 4. The third-order valence-corrected chi connectivity index (χ3v) is 7.35. The fourth-order valence-corrected chi connectivity index (χ4v) is 5.27. The van der Waals surface area contributed by atoms with Crippen LogP contribution in [0.15, 0.2) is 55.0 Å². The summed E-state index contributed by atoms with van der Waals surface area (Å²) in [5.41, 5.74) is 1.82. The van der Waals surface area contributed by atoms with Crippen molar-refractivity contribution in [2.75, 3.05) is 33.3 Å². The standard InChI is InChI=1S/C30H38N6O5/c1-3-27(37)32-16-26(30(40)41-2)34-28(38)19-35(17-22-10-6-9-21-8-4-5-12-25(21)22)18-24-11-7-13-36(24)29(39)14-23-15-31-20-33-23/h4-6,8-10,12,15,20,24,26H,3,7,11,13-14,16-19H2,1-2H3,(H,31,33)(H,32,37)(H,34,38)/t24-,26-/m0/s1. The van der Waals surface area contributed by atoms with E-state index in [4.69, 9.17) is 4.74 Å². The summed E-state index contributed by atoms with van der Waals surface area (Å²) in [6, 6.07) is 13.1. The van der Waals surface area contributed by atoms with Crippen LogP contribution in [0.1, 0.15) is 37.4 Å². The Morgan fingerprint density at radius 1 is 1.15 bits per heavy atom. The molecule has 11 nitrogen and oxygen atoms in total. The lowest BCUT2D eigenvalue weighted by Gasteiger charge is -2.31. The Kier molecular flexibility index (Phi) is 10.4. The number of ether oxygens (including phenoxy) is 1. The fraction of sp³-hybridized carbons (Fsp3) is 0.433. The van der Waals surface area contributed by atoms with Gasteiger partial charge in [0.2, 0.25) is 17.7 Å². The Bertz CT molecular complexity index is 1340. The molecule has 218 valence electrons. The summed E-state index contributed by atoms with van der Waals surface area (Å²) in [6.07, 6.45) is 5.43. The number of benzene rings is 2. The van der Waals surface area contributed by atoms with Crippen molar-refractivity contribution in [3.8, 4) is 0 Å². The number of rotatable bonds is 13. The Morgan fingerprint density at radius 3 is 2.71 bits per heavy atom. The number of esters is 1. The predicted octanol–water partition coefficient (Wildman–Crippen LogP) is 1.78. The summed E-state index contributed by atoms with van der Waals surface area (Å²) < 4.78 is 4.85. The Labute approximate surface area is 239 Å². The first-order chi connectivity index (χ1) is 19.9. The van der Waals surface area contributed by atoms with Crippen LogP contribution >= 0.6 is 0 Å². The number of hydrogen-bond donors (Lipinski definition) is 3. The van der Waals surface area contributed by atoms with Gasteiger partial charge in [-0.2, -0.15) is 0 Å². The molecule has 0 bridgehead atoms. The maximum Gasteiger partial charge on any atom is 0.330 e. The van der Waals surface area contributed by atoms with Crippen LogP contribution in [0.25, 0.3) is 10.8 Å². The number of likely N-dealkylation sites (tertiary alicyclic amines) is 1. The minimum atomic E-state index is -1.01. The van der Waals surface area contributed by atoms with Gasteiger partial charge in [0.15, 0.2) is 0 Å². The van der Waals surface area contributed by atoms with Gasteiger partial charge >= 0.3 is 5.97 Å². The largest absolute Gasteiger partial charge is 0.467 e. The zero-order valence-electron chi connectivity index (χ0n) is 23.6. The lowest BCUT2D eigenvalue weighted by molar-refractivity contribution is -0.145. The normalized spacial score (nSPS) is 15.6. The van der Waals surface area contributed by atoms with Gasteiger partial charge in [-0.15, -0.1) is 0 Å². The van der Waals surface area contributed by atoms with Crippen LogP contribution in [0.5, 0.6) is 0 Å². The zero-order valence-corrected chi connectivity index (χ0v) is 23.6. The molecule has 0 aliphatic carbocycles. The molecule has 1 aliphatic heterocycles. The minimum Gasteiger partial charge on any atom is -0.467 e. The molecule has 1 saturated heterocycles. The van der Waals surface area contributed by atoms with Crippen molar-refractivity contribution in [2.45, 2.75) is 51.2 Å². The number of fused-ring (bicyclic) bond motifs is 1. The molecule has 3 N–H and O–H groups in total. The summed E-state index contributed by atoms with van der Waals surface area (Å²) in [6.45, 7) is 3.26. The third kappa shape index (κ3) is 8.14. The highest BCUT2D eigenvalue weighted by atomic mass is 16.5. The number of H-pyrrole nitrogens is 1. The number of aromatic amines is 1. The Balaban J connectivity index is 1.51. The van der Waals surface area contributed by atoms with Gasteiger partial charge in [0.05, 0.1) is 26.4 Å². The molecule has 1 fully saturated rings. The first kappa shape index (κ1) is 29.7. The Hall–Kier alpha value is -4.25. The first-order valence-corrected chi connectivity index (χ1v) is 14.0. The number of aromatic nitrogens is 2. The molecule has 1 aliphatic rings. The monoisotopic (exact) mass is 562 g/mol. The molecule has 3 aromatic rings. The number of nitrogens with zero attached hydrogens (tertiary/aromatic N) is 3. The topological polar surface area (TPSA) is 137 Å². The van der Waals surface area contributed by atoms with Crippen LogP contribution in [-0.2, 0) is 36.9 Å². The Morgan fingerprint density at radius 2 is 1.95 bits per heavy atom. The number of amides is 3. The van der Waals surface area contributed by atoms with E-state index in [0.717, 1.165) is 34.9 Å². The van der Waals surface area contributed by atoms with E-state index in [1.54, 1.807) is 19.4 Å². The van der Waals surface area contributed by atoms with Gasteiger partial charge in [0.1, 0.15) is 6.04 Å². The van der Waals surface area contributed by atoms with Gasteiger partial charge in [-0.3, -0.25) is 19.3 Å². The van der Waals surface area contributed by atoms with Crippen molar-refractivity contribution in [1.29, 1.82) is 0 Å².